The van der Waals surface area contributed by atoms with E-state index in [4.69, 9.17) is 4.52 Å². The van der Waals surface area contributed by atoms with Crippen molar-refractivity contribution in [3.8, 4) is 0 Å². The van der Waals surface area contributed by atoms with Gasteiger partial charge in [0.05, 0.1) is 21.1 Å². The molecule has 0 aromatic rings. The summed E-state index contributed by atoms with van der Waals surface area (Å²) in [4.78, 5) is 49.0. The minimum absolute atomic E-state index is 0.0583. The van der Waals surface area contributed by atoms with Crippen molar-refractivity contribution < 1.29 is 32.9 Å². The standard InChI is InChI=1S/C41H80NO6P/c1-6-8-10-12-14-16-18-20-22-24-26-28-30-32-34-36-39(43)41(38-42(3,4)5,48-49(45,46)47)40(44)37-35-33-31-29-27-25-23-21-19-17-15-13-11-9-7-2/h20,22H,6-19,21,23-38H2,1-5H3,(H-,45,46,47)/b22-20-. The number of carbonyl (C=O) groups excluding carboxylic acids is 2. The van der Waals surface area contributed by atoms with Gasteiger partial charge in [-0.05, 0) is 38.5 Å². The van der Waals surface area contributed by atoms with Gasteiger partial charge in [0.2, 0.25) is 5.60 Å². The predicted octanol–water partition coefficient (Wildman–Crippen LogP) is 11.3. The Hall–Kier alpha value is -0.850. The highest BCUT2D eigenvalue weighted by molar-refractivity contribution is 7.44. The summed E-state index contributed by atoms with van der Waals surface area (Å²) in [6.07, 6.45) is 37.5. The first-order chi connectivity index (χ1) is 23.4. The third-order valence-corrected chi connectivity index (χ3v) is 10.1. The number of unbranched alkanes of at least 4 members (excludes halogenated alkanes) is 25. The van der Waals surface area contributed by atoms with Gasteiger partial charge in [-0.1, -0.05) is 167 Å². The first kappa shape index (κ1) is 48.1. The minimum Gasteiger partial charge on any atom is -0.756 e. The largest absolute Gasteiger partial charge is 0.756 e. The molecule has 0 aliphatic carbocycles. The van der Waals surface area contributed by atoms with E-state index in [9.17, 15) is 23.9 Å². The summed E-state index contributed by atoms with van der Waals surface area (Å²) in [6, 6.07) is 0. The maximum Gasteiger partial charge on any atom is 0.266 e. The zero-order valence-electron chi connectivity index (χ0n) is 33.0. The Morgan fingerprint density at radius 3 is 1.14 bits per heavy atom. The fourth-order valence-corrected chi connectivity index (χ4v) is 7.40. The smallest absolute Gasteiger partial charge is 0.266 e. The third-order valence-electron chi connectivity index (χ3n) is 9.54. The minimum atomic E-state index is -5.34. The number of carbonyl (C=O) groups is 2. The molecule has 0 heterocycles. The maximum absolute atomic E-state index is 13.6. The van der Waals surface area contributed by atoms with E-state index in [0.717, 1.165) is 57.8 Å². The highest BCUT2D eigenvalue weighted by Crippen LogP contribution is 2.40. The van der Waals surface area contributed by atoms with Crippen LogP contribution in [0.2, 0.25) is 0 Å². The molecule has 0 amide bonds. The van der Waals surface area contributed by atoms with Crippen LogP contribution in [0.25, 0.3) is 0 Å². The topological polar surface area (TPSA) is 104 Å². The Morgan fingerprint density at radius 1 is 0.571 bits per heavy atom. The van der Waals surface area contributed by atoms with E-state index in [2.05, 4.69) is 26.0 Å². The van der Waals surface area contributed by atoms with Gasteiger partial charge in [-0.3, -0.25) is 18.7 Å². The van der Waals surface area contributed by atoms with Crippen LogP contribution < -0.4 is 4.89 Å². The summed E-state index contributed by atoms with van der Waals surface area (Å²) in [6.45, 7) is 4.36. The van der Waals surface area contributed by atoms with Gasteiger partial charge in [0.15, 0.2) is 11.6 Å². The van der Waals surface area contributed by atoms with Crippen molar-refractivity contribution >= 4 is 19.4 Å². The molecule has 0 saturated carbocycles. The lowest BCUT2D eigenvalue weighted by molar-refractivity contribution is -0.874. The van der Waals surface area contributed by atoms with E-state index >= 15 is 0 Å². The summed E-state index contributed by atoms with van der Waals surface area (Å²) >= 11 is 0. The third kappa shape index (κ3) is 29.4. The van der Waals surface area contributed by atoms with E-state index < -0.39 is 25.0 Å². The van der Waals surface area contributed by atoms with Gasteiger partial charge < -0.3 is 14.3 Å². The van der Waals surface area contributed by atoms with Crippen molar-refractivity contribution in [2.24, 2.45) is 0 Å². The molecule has 0 fully saturated rings. The van der Waals surface area contributed by atoms with Gasteiger partial charge in [-0.15, -0.1) is 0 Å². The molecule has 290 valence electrons. The quantitative estimate of drug-likeness (QED) is 0.0226. The molecule has 7 nitrogen and oxygen atoms in total. The molecule has 49 heavy (non-hydrogen) atoms. The normalized spacial score (nSPS) is 14.7. The van der Waals surface area contributed by atoms with Crippen LogP contribution in [0.15, 0.2) is 12.2 Å². The summed E-state index contributed by atoms with van der Waals surface area (Å²) < 4.78 is 17.3. The molecule has 1 N–H and O–H groups in total. The fraction of sp³-hybridized carbons (Fsp3) is 0.902. The number of allylic oxidation sites excluding steroid dienone is 2. The summed E-state index contributed by atoms with van der Waals surface area (Å²) in [7, 11) is 0.0406. The van der Waals surface area contributed by atoms with Gasteiger partial charge in [-0.2, -0.15) is 0 Å². The first-order valence-corrected chi connectivity index (χ1v) is 22.1. The predicted molar refractivity (Wildman–Crippen MR) is 206 cm³/mol. The second-order valence-corrected chi connectivity index (χ2v) is 16.8. The highest BCUT2D eigenvalue weighted by Gasteiger charge is 2.51. The maximum atomic E-state index is 13.6. The number of ketones is 2. The van der Waals surface area contributed by atoms with E-state index in [1.165, 1.54) is 109 Å². The number of phosphoric acid groups is 1. The molecule has 0 aliphatic heterocycles. The van der Waals surface area contributed by atoms with Gasteiger partial charge in [0, 0.05) is 12.8 Å². The molecule has 0 aromatic carbocycles. The molecule has 2 atom stereocenters. The van der Waals surface area contributed by atoms with Gasteiger partial charge >= 0.3 is 0 Å². The van der Waals surface area contributed by atoms with Crippen molar-refractivity contribution in [2.75, 3.05) is 27.7 Å². The van der Waals surface area contributed by atoms with Crippen molar-refractivity contribution in [3.05, 3.63) is 12.2 Å². The van der Waals surface area contributed by atoms with Crippen molar-refractivity contribution in [2.45, 2.75) is 212 Å². The molecule has 2 unspecified atom stereocenters. The van der Waals surface area contributed by atoms with Crippen LogP contribution >= 0.6 is 7.82 Å². The van der Waals surface area contributed by atoms with Crippen LogP contribution in [0.1, 0.15) is 206 Å². The first-order valence-electron chi connectivity index (χ1n) is 20.6. The lowest BCUT2D eigenvalue weighted by Crippen LogP contribution is -2.60. The molecular weight excluding hydrogens is 633 g/mol. The van der Waals surface area contributed by atoms with Gasteiger partial charge in [0.25, 0.3) is 7.82 Å². The molecule has 0 bridgehead atoms. The zero-order valence-corrected chi connectivity index (χ0v) is 33.9. The van der Waals surface area contributed by atoms with E-state index in [1.54, 1.807) is 21.1 Å². The Morgan fingerprint density at radius 2 is 0.857 bits per heavy atom. The Kier molecular flexibility index (Phi) is 30.2. The highest BCUT2D eigenvalue weighted by atomic mass is 31.2. The number of phosphoric ester groups is 1. The van der Waals surface area contributed by atoms with Gasteiger partial charge in [0.1, 0.15) is 6.54 Å². The molecule has 0 radical (unpaired) electrons. The Bertz CT molecular complexity index is 880. The number of hydrogen-bond acceptors (Lipinski definition) is 5. The molecular formula is C41H80NO6P. The van der Waals surface area contributed by atoms with Crippen LogP contribution in [-0.2, 0) is 18.7 Å². The number of rotatable bonds is 37. The number of hydrogen-bond donors (Lipinski definition) is 1. The molecule has 0 aliphatic rings. The van der Waals surface area contributed by atoms with Crippen LogP contribution in [-0.4, -0.2) is 54.2 Å². The average molecular weight is 714 g/mol. The second-order valence-electron chi connectivity index (χ2n) is 15.7. The molecule has 0 saturated heterocycles. The van der Waals surface area contributed by atoms with E-state index in [1.807, 2.05) is 0 Å². The van der Waals surface area contributed by atoms with Crippen LogP contribution in [0.5, 0.6) is 0 Å². The second kappa shape index (κ2) is 30.7. The number of quaternary nitrogens is 1. The van der Waals surface area contributed by atoms with Crippen molar-refractivity contribution in [3.63, 3.8) is 0 Å². The number of nitrogens with zero attached hydrogens (tertiary/aromatic N) is 1. The average Bonchev–Trinajstić information content (AvgIpc) is 3.02. The number of likely N-dealkylation sites (N-methyl/N-ethyl adjacent to an activating group) is 1. The molecule has 8 heteroatoms. The Balaban J connectivity index is 4.57. The lowest BCUT2D eigenvalue weighted by atomic mass is 9.86. The van der Waals surface area contributed by atoms with Crippen molar-refractivity contribution in [1.82, 2.24) is 0 Å². The summed E-state index contributed by atoms with van der Waals surface area (Å²) in [5.41, 5.74) is -2.18. The summed E-state index contributed by atoms with van der Waals surface area (Å²) in [5, 5.41) is 0. The van der Waals surface area contributed by atoms with Gasteiger partial charge in [-0.25, -0.2) is 0 Å². The van der Waals surface area contributed by atoms with E-state index in [-0.39, 0.29) is 23.9 Å². The zero-order chi connectivity index (χ0) is 36.7. The van der Waals surface area contributed by atoms with Crippen LogP contribution in [0, 0.1) is 0 Å². The van der Waals surface area contributed by atoms with Crippen molar-refractivity contribution in [1.29, 1.82) is 0 Å². The molecule has 0 aromatic heterocycles. The monoisotopic (exact) mass is 714 g/mol. The SMILES string of the molecule is CCCCCCCC/C=C\CCCCCCCC(=O)C(C[N+](C)(C)C)(OP(=O)([O-])O)C(=O)CCCCCCCCCCCCCCCCC. The Labute approximate surface area is 303 Å². The van der Waals surface area contributed by atoms with E-state index in [0.29, 0.717) is 12.8 Å². The fourth-order valence-electron chi connectivity index (χ4n) is 6.74. The number of Topliss-reactive ketones (excluding diaryl/α,β-unsaturated/α-hetero) is 2. The lowest BCUT2D eigenvalue weighted by Gasteiger charge is -2.39. The van der Waals surface area contributed by atoms with Crippen LogP contribution in [0.4, 0.5) is 0 Å². The summed E-state index contributed by atoms with van der Waals surface area (Å²) in [5.74, 6) is -1.06. The van der Waals surface area contributed by atoms with Crippen LogP contribution in [0.3, 0.4) is 0 Å². The molecule has 0 rings (SSSR count). The molecule has 0 spiro atoms.